The van der Waals surface area contributed by atoms with Gasteiger partial charge in [0.05, 0.1) is 30.3 Å². The first-order valence-corrected chi connectivity index (χ1v) is 7.33. The molecule has 1 saturated heterocycles. The molecule has 3 heterocycles. The Hall–Kier alpha value is -2.56. The summed E-state index contributed by atoms with van der Waals surface area (Å²) in [6, 6.07) is 1.11. The summed E-state index contributed by atoms with van der Waals surface area (Å²) in [4.78, 5) is 16.0. The molecule has 3 rings (SSSR count). The van der Waals surface area contributed by atoms with Crippen LogP contribution in [-0.2, 0) is 0 Å². The molecular formula is C14H13F4N5O2. The van der Waals surface area contributed by atoms with E-state index in [4.69, 9.17) is 5.11 Å². The van der Waals surface area contributed by atoms with Gasteiger partial charge >= 0.3 is 12.1 Å². The summed E-state index contributed by atoms with van der Waals surface area (Å²) in [7, 11) is 0. The molecule has 25 heavy (non-hydrogen) atoms. The zero-order valence-electron chi connectivity index (χ0n) is 12.7. The number of likely N-dealkylation sites (tertiary alicyclic amines) is 1. The molecule has 0 spiro atoms. The largest absolute Gasteiger partial charge is 0.476 e. The van der Waals surface area contributed by atoms with Crippen molar-refractivity contribution in [2.45, 2.75) is 18.5 Å². The summed E-state index contributed by atoms with van der Waals surface area (Å²) in [5.41, 5.74) is -0.0403. The first kappa shape index (κ1) is 17.3. The fraction of sp³-hybridized carbons (Fsp3) is 0.429. The minimum absolute atomic E-state index is 0.0786. The molecule has 1 aliphatic heterocycles. The van der Waals surface area contributed by atoms with E-state index in [9.17, 15) is 22.4 Å². The molecule has 0 saturated carbocycles. The van der Waals surface area contributed by atoms with Crippen LogP contribution in [0.3, 0.4) is 0 Å². The van der Waals surface area contributed by atoms with Crippen LogP contribution in [0.15, 0.2) is 18.5 Å². The van der Waals surface area contributed by atoms with Crippen LogP contribution >= 0.6 is 0 Å². The van der Waals surface area contributed by atoms with Gasteiger partial charge in [-0.3, -0.25) is 9.88 Å². The van der Waals surface area contributed by atoms with Gasteiger partial charge in [-0.25, -0.2) is 13.9 Å². The first-order chi connectivity index (χ1) is 11.7. The maximum atomic E-state index is 14.3. The van der Waals surface area contributed by atoms with Crippen molar-refractivity contribution < 1.29 is 27.5 Å². The summed E-state index contributed by atoms with van der Waals surface area (Å²) >= 11 is 0. The highest BCUT2D eigenvalue weighted by molar-refractivity contribution is 5.84. The van der Waals surface area contributed by atoms with Gasteiger partial charge in [0, 0.05) is 18.5 Å². The summed E-state index contributed by atoms with van der Waals surface area (Å²) in [6.07, 6.45) is -1.52. The maximum Gasteiger partial charge on any atom is 0.401 e. The lowest BCUT2D eigenvalue weighted by Gasteiger charge is -2.17. The third kappa shape index (κ3) is 3.92. The van der Waals surface area contributed by atoms with Crippen molar-refractivity contribution in [3.63, 3.8) is 0 Å². The summed E-state index contributed by atoms with van der Waals surface area (Å²) in [6.45, 7) is -0.729. The van der Waals surface area contributed by atoms with Gasteiger partial charge in [-0.1, -0.05) is 5.21 Å². The van der Waals surface area contributed by atoms with E-state index >= 15 is 0 Å². The molecule has 0 aromatic carbocycles. The summed E-state index contributed by atoms with van der Waals surface area (Å²) in [5.74, 6) is -2.38. The topological polar surface area (TPSA) is 84.1 Å². The molecule has 11 heteroatoms. The van der Waals surface area contributed by atoms with Gasteiger partial charge in [0.15, 0.2) is 5.69 Å². The number of alkyl halides is 3. The van der Waals surface area contributed by atoms with Crippen molar-refractivity contribution in [2.24, 2.45) is 0 Å². The Balaban J connectivity index is 1.75. The van der Waals surface area contributed by atoms with Crippen LogP contribution in [0.1, 0.15) is 28.5 Å². The number of rotatable bonds is 4. The van der Waals surface area contributed by atoms with Gasteiger partial charge in [-0.15, -0.1) is 5.10 Å². The Labute approximate surface area is 138 Å². The molecule has 0 aliphatic carbocycles. The molecular weight excluding hydrogens is 346 g/mol. The number of pyridine rings is 1. The van der Waals surface area contributed by atoms with E-state index in [1.54, 1.807) is 0 Å². The Kier molecular flexibility index (Phi) is 4.41. The van der Waals surface area contributed by atoms with Crippen LogP contribution in [0.4, 0.5) is 17.6 Å². The molecule has 1 fully saturated rings. The average molecular weight is 359 g/mol. The zero-order chi connectivity index (χ0) is 18.2. The molecule has 0 radical (unpaired) electrons. The van der Waals surface area contributed by atoms with Gasteiger partial charge in [-0.2, -0.15) is 13.2 Å². The number of aromatic nitrogens is 4. The van der Waals surface area contributed by atoms with Gasteiger partial charge < -0.3 is 5.11 Å². The SMILES string of the molecule is O=C(O)c1cn(-c2cnc(C3CCN(CC(F)(F)F)C3)c(F)c2)nn1. The predicted octanol–water partition coefficient (Wildman–Crippen LogP) is 1.85. The highest BCUT2D eigenvalue weighted by Gasteiger charge is 2.35. The van der Waals surface area contributed by atoms with Crippen LogP contribution in [0.2, 0.25) is 0 Å². The highest BCUT2D eigenvalue weighted by atomic mass is 19.4. The number of hydrogen-bond acceptors (Lipinski definition) is 5. The fourth-order valence-electron chi connectivity index (χ4n) is 2.81. The van der Waals surface area contributed by atoms with Crippen LogP contribution in [-0.4, -0.2) is 61.8 Å². The second kappa shape index (κ2) is 6.39. The number of aromatic carboxylic acids is 1. The normalized spacial score (nSPS) is 18.6. The van der Waals surface area contributed by atoms with Crippen molar-refractivity contribution in [2.75, 3.05) is 19.6 Å². The van der Waals surface area contributed by atoms with Crippen molar-refractivity contribution in [3.05, 3.63) is 35.7 Å². The Bertz CT molecular complexity index is 792. The second-order valence-electron chi connectivity index (χ2n) is 5.75. The lowest BCUT2D eigenvalue weighted by molar-refractivity contribution is -0.143. The van der Waals surface area contributed by atoms with Gasteiger partial charge in [0.25, 0.3) is 0 Å². The minimum atomic E-state index is -4.29. The Morgan fingerprint density at radius 2 is 2.16 bits per heavy atom. The Morgan fingerprint density at radius 1 is 1.40 bits per heavy atom. The lowest BCUT2D eigenvalue weighted by atomic mass is 10.0. The van der Waals surface area contributed by atoms with Crippen molar-refractivity contribution in [3.8, 4) is 5.69 Å². The highest BCUT2D eigenvalue weighted by Crippen LogP contribution is 2.30. The predicted molar refractivity (Wildman–Crippen MR) is 75.9 cm³/mol. The number of carboxylic acids is 1. The molecule has 7 nitrogen and oxygen atoms in total. The van der Waals surface area contributed by atoms with Crippen molar-refractivity contribution >= 4 is 5.97 Å². The molecule has 0 amide bonds. The molecule has 0 bridgehead atoms. The molecule has 134 valence electrons. The molecule has 1 unspecified atom stereocenters. The van der Waals surface area contributed by atoms with E-state index < -0.39 is 30.4 Å². The number of carboxylic acid groups (broad SMARTS) is 1. The van der Waals surface area contributed by atoms with Gasteiger partial charge in [-0.05, 0) is 13.0 Å². The zero-order valence-corrected chi connectivity index (χ0v) is 12.7. The maximum absolute atomic E-state index is 14.3. The average Bonchev–Trinajstić information content (AvgIpc) is 3.14. The molecule has 1 N–H and O–H groups in total. The monoisotopic (exact) mass is 359 g/mol. The summed E-state index contributed by atoms with van der Waals surface area (Å²) in [5, 5.41) is 15.8. The van der Waals surface area contributed by atoms with Crippen LogP contribution in [0.25, 0.3) is 5.69 Å². The van der Waals surface area contributed by atoms with E-state index in [2.05, 4.69) is 15.3 Å². The summed E-state index contributed by atoms with van der Waals surface area (Å²) < 4.78 is 52.7. The van der Waals surface area contributed by atoms with Crippen LogP contribution < -0.4 is 0 Å². The number of carbonyl (C=O) groups is 1. The smallest absolute Gasteiger partial charge is 0.401 e. The van der Waals surface area contributed by atoms with E-state index in [1.807, 2.05) is 0 Å². The number of hydrogen-bond donors (Lipinski definition) is 1. The second-order valence-corrected chi connectivity index (χ2v) is 5.75. The van der Waals surface area contributed by atoms with Crippen LogP contribution in [0, 0.1) is 5.82 Å². The third-order valence-corrected chi connectivity index (χ3v) is 3.89. The third-order valence-electron chi connectivity index (χ3n) is 3.89. The van der Waals surface area contributed by atoms with Gasteiger partial charge in [0.2, 0.25) is 0 Å². The van der Waals surface area contributed by atoms with E-state index in [0.29, 0.717) is 6.42 Å². The van der Waals surface area contributed by atoms with Crippen molar-refractivity contribution in [1.82, 2.24) is 24.9 Å². The van der Waals surface area contributed by atoms with E-state index in [0.717, 1.165) is 16.9 Å². The van der Waals surface area contributed by atoms with E-state index in [1.165, 1.54) is 11.1 Å². The fourth-order valence-corrected chi connectivity index (χ4v) is 2.81. The van der Waals surface area contributed by atoms with Crippen LogP contribution in [0.5, 0.6) is 0 Å². The molecule has 2 aromatic heterocycles. The number of nitrogens with zero attached hydrogens (tertiary/aromatic N) is 5. The lowest BCUT2D eigenvalue weighted by Crippen LogP contribution is -2.32. The molecule has 1 atom stereocenters. The van der Waals surface area contributed by atoms with E-state index in [-0.39, 0.29) is 30.2 Å². The molecule has 1 aliphatic rings. The standard InChI is InChI=1S/C14H13F4N5O2/c15-10-3-9(23-6-11(13(24)25)20-21-23)4-19-12(10)8-1-2-22(5-8)7-14(16,17)18/h3-4,6,8H,1-2,5,7H2,(H,24,25). The first-order valence-electron chi connectivity index (χ1n) is 7.33. The number of halogens is 4. The van der Waals surface area contributed by atoms with Gasteiger partial charge in [0.1, 0.15) is 5.82 Å². The molecule has 2 aromatic rings. The minimum Gasteiger partial charge on any atom is -0.476 e. The quantitative estimate of drug-likeness (QED) is 0.839. The Morgan fingerprint density at radius 3 is 2.76 bits per heavy atom. The van der Waals surface area contributed by atoms with Crippen molar-refractivity contribution in [1.29, 1.82) is 0 Å².